The van der Waals surface area contributed by atoms with Crippen molar-refractivity contribution in [2.24, 2.45) is 5.73 Å². The number of non-ortho nitro benzene ring substituents is 1. The number of hydrogen-bond donors (Lipinski definition) is 1. The zero-order valence-electron chi connectivity index (χ0n) is 21.3. The van der Waals surface area contributed by atoms with Crippen molar-refractivity contribution in [3.05, 3.63) is 99.4 Å². The molecule has 1 amide bonds. The molecule has 1 heterocycles. The third-order valence-electron chi connectivity index (χ3n) is 5.60. The van der Waals surface area contributed by atoms with Crippen molar-refractivity contribution in [1.29, 1.82) is 0 Å². The summed E-state index contributed by atoms with van der Waals surface area (Å²) in [5, 5.41) is 10.8. The Hall–Kier alpha value is -5.48. The molecule has 1 atom stereocenters. The standard InChI is InChI=1S/C26H15BF5N3O8/c27-22-21(12-1-3-13(4-2-12)26(30,31)32)34-24(43-22)18(42-17-10-9-16(28)19(20(17)29)23(33)36)11-40-25(37)41-15-7-5-14(6-8-15)35(38)39/h1-10,18H,11H2,(H2,33,36). The van der Waals surface area contributed by atoms with Gasteiger partial charge >= 0.3 is 12.3 Å². The van der Waals surface area contributed by atoms with Crippen LogP contribution in [0.3, 0.4) is 0 Å². The predicted octanol–water partition coefficient (Wildman–Crippen LogP) is 4.78. The van der Waals surface area contributed by atoms with Crippen LogP contribution in [0.1, 0.15) is 27.9 Å². The number of nitrogens with zero attached hydrogens (tertiary/aromatic N) is 2. The molecule has 0 bridgehead atoms. The molecule has 0 aliphatic carbocycles. The van der Waals surface area contributed by atoms with Gasteiger partial charge in [-0.2, -0.15) is 13.2 Å². The van der Waals surface area contributed by atoms with Crippen LogP contribution in [0.4, 0.5) is 32.4 Å². The van der Waals surface area contributed by atoms with E-state index in [0.29, 0.717) is 6.07 Å². The molecule has 0 fully saturated rings. The first-order valence-corrected chi connectivity index (χ1v) is 11.7. The van der Waals surface area contributed by atoms with E-state index in [1.54, 1.807) is 0 Å². The van der Waals surface area contributed by atoms with Crippen molar-refractivity contribution >= 4 is 31.3 Å². The Morgan fingerprint density at radius 2 is 1.70 bits per heavy atom. The molecule has 17 heteroatoms. The summed E-state index contributed by atoms with van der Waals surface area (Å²) in [6.07, 6.45) is -7.63. The summed E-state index contributed by atoms with van der Waals surface area (Å²) in [5.41, 5.74) is 2.20. The lowest BCUT2D eigenvalue weighted by Gasteiger charge is -2.17. The van der Waals surface area contributed by atoms with Gasteiger partial charge in [0.05, 0.1) is 16.1 Å². The van der Waals surface area contributed by atoms with Gasteiger partial charge < -0.3 is 24.4 Å². The third kappa shape index (κ3) is 7.06. The van der Waals surface area contributed by atoms with Crippen LogP contribution < -0.4 is 20.9 Å². The quantitative estimate of drug-likeness (QED) is 0.0711. The van der Waals surface area contributed by atoms with Crippen molar-refractivity contribution in [2.75, 3.05) is 6.61 Å². The molecule has 43 heavy (non-hydrogen) atoms. The largest absolute Gasteiger partial charge is 0.513 e. The Morgan fingerprint density at radius 1 is 1.05 bits per heavy atom. The van der Waals surface area contributed by atoms with E-state index in [4.69, 9.17) is 32.2 Å². The molecule has 4 aromatic rings. The molecule has 220 valence electrons. The highest BCUT2D eigenvalue weighted by atomic mass is 19.4. The van der Waals surface area contributed by atoms with Crippen LogP contribution in [-0.4, -0.2) is 36.4 Å². The van der Waals surface area contributed by atoms with Gasteiger partial charge in [-0.3, -0.25) is 14.9 Å². The number of carbonyl (C=O) groups excluding carboxylic acids is 2. The summed E-state index contributed by atoms with van der Waals surface area (Å²) in [4.78, 5) is 38.0. The topological polar surface area (TPSA) is 157 Å². The zero-order valence-corrected chi connectivity index (χ0v) is 21.3. The Labute approximate surface area is 238 Å². The zero-order chi connectivity index (χ0) is 31.5. The first-order valence-electron chi connectivity index (χ1n) is 11.7. The van der Waals surface area contributed by atoms with Gasteiger partial charge in [0.25, 0.3) is 11.6 Å². The molecular weight excluding hydrogens is 588 g/mol. The highest BCUT2D eigenvalue weighted by Gasteiger charge is 2.31. The average molecular weight is 603 g/mol. The number of halogens is 5. The average Bonchev–Trinajstić information content (AvgIpc) is 3.33. The highest BCUT2D eigenvalue weighted by molar-refractivity contribution is 6.33. The number of alkyl halides is 3. The lowest BCUT2D eigenvalue weighted by Crippen LogP contribution is -2.22. The van der Waals surface area contributed by atoms with Crippen LogP contribution in [0.25, 0.3) is 11.3 Å². The van der Waals surface area contributed by atoms with E-state index in [9.17, 15) is 41.7 Å². The Kier molecular flexibility index (Phi) is 8.63. The lowest BCUT2D eigenvalue weighted by molar-refractivity contribution is -0.384. The van der Waals surface area contributed by atoms with E-state index < -0.39 is 75.9 Å². The number of primary amides is 1. The molecular formula is C26H15BF5N3O8. The van der Waals surface area contributed by atoms with E-state index in [2.05, 4.69) is 4.98 Å². The summed E-state index contributed by atoms with van der Waals surface area (Å²) < 4.78 is 88.5. The van der Waals surface area contributed by atoms with Gasteiger partial charge in [0.2, 0.25) is 12.0 Å². The fourth-order valence-electron chi connectivity index (χ4n) is 3.58. The minimum absolute atomic E-state index is 0.0849. The summed E-state index contributed by atoms with van der Waals surface area (Å²) in [6, 6.07) is 9.47. The Bertz CT molecular complexity index is 1680. The first-order chi connectivity index (χ1) is 20.2. The highest BCUT2D eigenvalue weighted by Crippen LogP contribution is 2.32. The second-order valence-electron chi connectivity index (χ2n) is 8.46. The number of ether oxygens (including phenoxy) is 3. The first kappa shape index (κ1) is 30.5. The van der Waals surface area contributed by atoms with Crippen LogP contribution in [0.15, 0.2) is 65.1 Å². The number of nitro benzene ring substituents is 1. The summed E-state index contributed by atoms with van der Waals surface area (Å²) in [5.74, 6) is -5.62. The monoisotopic (exact) mass is 603 g/mol. The van der Waals surface area contributed by atoms with Gasteiger partial charge in [-0.1, -0.05) is 12.1 Å². The number of hydrogen-bond acceptors (Lipinski definition) is 9. The number of nitro groups is 1. The van der Waals surface area contributed by atoms with E-state index in [1.807, 2.05) is 0 Å². The Balaban J connectivity index is 1.62. The number of nitrogens with two attached hydrogens (primary N) is 1. The second-order valence-corrected chi connectivity index (χ2v) is 8.46. The smallest absolute Gasteiger partial charge is 0.474 e. The molecule has 1 aromatic heterocycles. The minimum atomic E-state index is -4.61. The Morgan fingerprint density at radius 3 is 2.28 bits per heavy atom. The predicted molar refractivity (Wildman–Crippen MR) is 136 cm³/mol. The lowest BCUT2D eigenvalue weighted by atomic mass is 9.98. The summed E-state index contributed by atoms with van der Waals surface area (Å²) in [7, 11) is 5.86. The second kappa shape index (κ2) is 12.2. The fourth-order valence-corrected chi connectivity index (χ4v) is 3.58. The third-order valence-corrected chi connectivity index (χ3v) is 5.60. The van der Waals surface area contributed by atoms with Gasteiger partial charge in [-0.25, -0.2) is 18.6 Å². The maximum atomic E-state index is 14.9. The van der Waals surface area contributed by atoms with E-state index in [-0.39, 0.29) is 22.7 Å². The molecule has 0 aliphatic heterocycles. The fraction of sp³-hybridized carbons (Fsp3) is 0.115. The van der Waals surface area contributed by atoms with Crippen molar-refractivity contribution in [3.8, 4) is 22.8 Å². The van der Waals surface area contributed by atoms with Crippen LogP contribution in [0.2, 0.25) is 0 Å². The molecule has 0 aliphatic rings. The molecule has 3 aromatic carbocycles. The number of amides is 1. The maximum absolute atomic E-state index is 14.9. The van der Waals surface area contributed by atoms with Crippen molar-refractivity contribution < 1.29 is 55.1 Å². The van der Waals surface area contributed by atoms with E-state index in [0.717, 1.165) is 54.6 Å². The summed E-state index contributed by atoms with van der Waals surface area (Å²) in [6.45, 7) is -0.832. The molecule has 11 nitrogen and oxygen atoms in total. The molecule has 0 spiro atoms. The van der Waals surface area contributed by atoms with Gasteiger partial charge in [0.1, 0.15) is 29.4 Å². The van der Waals surface area contributed by atoms with Gasteiger partial charge in [0.15, 0.2) is 19.4 Å². The van der Waals surface area contributed by atoms with E-state index >= 15 is 0 Å². The number of aromatic nitrogens is 1. The normalized spacial score (nSPS) is 11.9. The van der Waals surface area contributed by atoms with Gasteiger partial charge in [-0.15, -0.1) is 0 Å². The number of rotatable bonds is 9. The number of carbonyl (C=O) groups is 2. The van der Waals surface area contributed by atoms with Gasteiger partial charge in [0, 0.05) is 17.7 Å². The SMILES string of the molecule is [B]c1oc(C(COC(=O)Oc2ccc([N+](=O)[O-])cc2)Oc2ccc(F)c(C(N)=O)c2F)nc1-c1ccc(C(F)(F)F)cc1. The summed E-state index contributed by atoms with van der Waals surface area (Å²) >= 11 is 0. The van der Waals surface area contributed by atoms with Crippen LogP contribution in [0, 0.1) is 21.7 Å². The molecule has 0 saturated carbocycles. The molecule has 4 rings (SSSR count). The molecule has 2 N–H and O–H groups in total. The van der Waals surface area contributed by atoms with Crippen LogP contribution in [-0.2, 0) is 10.9 Å². The van der Waals surface area contributed by atoms with Crippen molar-refractivity contribution in [3.63, 3.8) is 0 Å². The van der Waals surface area contributed by atoms with Crippen molar-refractivity contribution in [1.82, 2.24) is 4.98 Å². The van der Waals surface area contributed by atoms with Gasteiger partial charge in [-0.05, 0) is 36.4 Å². The van der Waals surface area contributed by atoms with Crippen molar-refractivity contribution in [2.45, 2.75) is 12.3 Å². The number of oxazole rings is 1. The molecule has 0 saturated heterocycles. The molecule has 1 unspecified atom stereocenters. The minimum Gasteiger partial charge on any atom is -0.474 e. The van der Waals surface area contributed by atoms with Crippen LogP contribution in [0.5, 0.6) is 11.5 Å². The van der Waals surface area contributed by atoms with Crippen LogP contribution >= 0.6 is 0 Å². The van der Waals surface area contributed by atoms with E-state index in [1.165, 1.54) is 0 Å². The number of benzene rings is 3. The molecule has 2 radical (unpaired) electrons. The maximum Gasteiger partial charge on any atom is 0.513 e.